The number of allylic oxidation sites excluding steroid dienone is 5. The van der Waals surface area contributed by atoms with Gasteiger partial charge in [0.1, 0.15) is 0 Å². The summed E-state index contributed by atoms with van der Waals surface area (Å²) in [4.78, 5) is 31.8. The molecule has 9 heteroatoms. The first kappa shape index (κ1) is 50.8. The fraction of sp³-hybridized carbons (Fsp3) is 0.820. The van der Waals surface area contributed by atoms with Crippen LogP contribution in [0.3, 0.4) is 0 Å². The lowest BCUT2D eigenvalue weighted by atomic mass is 9.37. The van der Waals surface area contributed by atoms with E-state index in [2.05, 4.69) is 63.6 Å². The Labute approximate surface area is 358 Å². The Kier molecular flexibility index (Phi) is 19.4. The number of esters is 1. The molecule has 6 aliphatic carbocycles. The summed E-state index contributed by atoms with van der Waals surface area (Å²) < 4.78 is 18.8. The Morgan fingerprint density at radius 1 is 0.898 bits per heavy atom. The van der Waals surface area contributed by atoms with E-state index in [1.54, 1.807) is 17.2 Å². The van der Waals surface area contributed by atoms with Crippen molar-refractivity contribution in [1.82, 2.24) is 10.2 Å². The molecule has 8 nitrogen and oxygen atoms in total. The molecular weight excluding hydrogens is 744 g/mol. The van der Waals surface area contributed by atoms with Gasteiger partial charge in [-0.05, 0) is 187 Å². The van der Waals surface area contributed by atoms with Gasteiger partial charge in [0.25, 0.3) is 12.9 Å². The maximum Gasteiger partial charge on any atom is 0.311 e. The third-order valence-electron chi connectivity index (χ3n) is 16.8. The van der Waals surface area contributed by atoms with Crippen molar-refractivity contribution in [3.63, 3.8) is 0 Å². The van der Waals surface area contributed by atoms with Crippen LogP contribution >= 0.6 is 0 Å². The number of fused-ring (bicyclic) bond motifs is 7. The molecule has 7 rings (SSSR count). The fourth-order valence-electron chi connectivity index (χ4n) is 14.2. The van der Waals surface area contributed by atoms with Crippen molar-refractivity contribution in [3.8, 4) is 0 Å². The van der Waals surface area contributed by atoms with Crippen molar-refractivity contribution in [2.24, 2.45) is 57.2 Å². The summed E-state index contributed by atoms with van der Waals surface area (Å²) in [5, 5.41) is 18.0. The van der Waals surface area contributed by atoms with Gasteiger partial charge in [-0.2, -0.15) is 0 Å². The van der Waals surface area contributed by atoms with Gasteiger partial charge in [-0.3, -0.25) is 18.8 Å². The molecule has 0 amide bonds. The summed E-state index contributed by atoms with van der Waals surface area (Å²) in [6.07, 6.45) is 25.5. The zero-order valence-electron chi connectivity index (χ0n) is 38.8. The Bertz CT molecular complexity index is 1410. The summed E-state index contributed by atoms with van der Waals surface area (Å²) in [5.41, 5.74) is 4.25. The van der Waals surface area contributed by atoms with Crippen LogP contribution in [0.4, 0.5) is 4.39 Å². The highest BCUT2D eigenvalue weighted by atomic mass is 19.1. The SMILES string of the molecule is C=CC.CC.CCOC(=O)C1(C)CCN(CCNC23CCCC2C2CCC4C(C)(CCC5C(C)(C)C(C6=CCC(CF)CC6)=CCC54C)C2CC3)CC1.O=CO.O=CO. The van der Waals surface area contributed by atoms with E-state index in [4.69, 9.17) is 24.5 Å². The van der Waals surface area contributed by atoms with Crippen LogP contribution in [0, 0.1) is 57.2 Å². The first-order valence-electron chi connectivity index (χ1n) is 23.5. The average Bonchev–Trinajstić information content (AvgIpc) is 3.65. The lowest BCUT2D eigenvalue weighted by molar-refractivity contribution is -0.175. The monoisotopic (exact) mass is 829 g/mol. The average molecular weight is 829 g/mol. The van der Waals surface area contributed by atoms with Crippen LogP contribution in [0.15, 0.2) is 36.0 Å². The van der Waals surface area contributed by atoms with E-state index >= 15 is 0 Å². The largest absolute Gasteiger partial charge is 0.483 e. The number of likely N-dealkylation sites (tertiary alicyclic amines) is 1. The van der Waals surface area contributed by atoms with Crippen LogP contribution < -0.4 is 5.32 Å². The van der Waals surface area contributed by atoms with E-state index in [0.717, 1.165) is 87.9 Å². The van der Waals surface area contributed by atoms with Gasteiger partial charge in [-0.25, -0.2) is 0 Å². The number of hydrogen-bond acceptors (Lipinski definition) is 6. The zero-order chi connectivity index (χ0) is 44.1. The summed E-state index contributed by atoms with van der Waals surface area (Å²) in [6.45, 7) is 27.9. The van der Waals surface area contributed by atoms with Crippen LogP contribution in [-0.2, 0) is 19.1 Å². The Balaban J connectivity index is 0.000000768. The van der Waals surface area contributed by atoms with Gasteiger partial charge in [0.2, 0.25) is 0 Å². The minimum atomic E-state index is -0.307. The van der Waals surface area contributed by atoms with Gasteiger partial charge >= 0.3 is 5.97 Å². The van der Waals surface area contributed by atoms with E-state index in [0.29, 0.717) is 23.0 Å². The highest BCUT2D eigenvalue weighted by Crippen LogP contribution is 2.72. The Hall–Kier alpha value is -2.52. The number of alkyl halides is 1. The summed E-state index contributed by atoms with van der Waals surface area (Å²) in [7, 11) is 0. The lowest BCUT2D eigenvalue weighted by Gasteiger charge is -2.68. The van der Waals surface area contributed by atoms with Gasteiger partial charge in [0, 0.05) is 18.6 Å². The third-order valence-corrected chi connectivity index (χ3v) is 16.8. The van der Waals surface area contributed by atoms with Gasteiger partial charge in [-0.1, -0.05) is 66.2 Å². The molecule has 7 aliphatic rings. The molecule has 0 bridgehead atoms. The molecule has 1 heterocycles. The first-order valence-corrected chi connectivity index (χ1v) is 23.5. The highest BCUT2D eigenvalue weighted by Gasteiger charge is 2.65. The number of ether oxygens (including phenoxy) is 1. The normalized spacial score (nSPS) is 36.2. The van der Waals surface area contributed by atoms with Crippen molar-refractivity contribution in [2.75, 3.05) is 39.5 Å². The Morgan fingerprint density at radius 3 is 2.12 bits per heavy atom. The number of halogens is 1. The van der Waals surface area contributed by atoms with Gasteiger partial charge in [0.15, 0.2) is 0 Å². The van der Waals surface area contributed by atoms with E-state index in [1.165, 1.54) is 64.2 Å². The van der Waals surface area contributed by atoms with Gasteiger partial charge < -0.3 is 25.2 Å². The van der Waals surface area contributed by atoms with Crippen LogP contribution in [-0.4, -0.2) is 79.0 Å². The molecule has 9 unspecified atom stereocenters. The van der Waals surface area contributed by atoms with Crippen molar-refractivity contribution in [1.29, 1.82) is 0 Å². The molecule has 5 fully saturated rings. The van der Waals surface area contributed by atoms with E-state index in [1.807, 2.05) is 27.7 Å². The van der Waals surface area contributed by atoms with Crippen LogP contribution in [0.2, 0.25) is 0 Å². The molecule has 0 aromatic carbocycles. The van der Waals surface area contributed by atoms with Crippen LogP contribution in [0.5, 0.6) is 0 Å². The molecular formula is C50H85FN2O6. The molecule has 3 N–H and O–H groups in total. The van der Waals surface area contributed by atoms with Crippen molar-refractivity contribution >= 4 is 18.9 Å². The third kappa shape index (κ3) is 10.8. The van der Waals surface area contributed by atoms with Crippen molar-refractivity contribution < 1.29 is 33.7 Å². The standard InChI is InChI=1S/C43H69FN2O2.C3H6.C2H6.2CH2O2/c1-7-48-38(47)40(4)23-26-46(27-24-40)28-25-45-43-19-8-9-35(43)32-14-15-37-41(5,34(32)17-22-43)21-18-36-39(2,3)33(16-20-42(36,37)6)31-12-10-30(29-44)11-13-31;1-3-2;1-2;2*2-1-3/h12,16,30,32,34-37,45H,7-11,13-15,17-29H2,1-6H3;3H,1H2,2H3;1-2H3;2*1H,(H,2,3). The predicted octanol–water partition coefficient (Wildman–Crippen LogP) is 11.3. The molecule has 0 spiro atoms. The molecule has 1 aliphatic heterocycles. The second-order valence-corrected chi connectivity index (χ2v) is 19.9. The number of carboxylic acid groups (broad SMARTS) is 2. The minimum Gasteiger partial charge on any atom is -0.483 e. The number of hydrogen-bond donors (Lipinski definition) is 3. The first-order chi connectivity index (χ1) is 28.1. The van der Waals surface area contributed by atoms with E-state index in [9.17, 15) is 9.18 Å². The number of rotatable bonds is 8. The number of carbonyl (C=O) groups excluding carboxylic acids is 1. The summed E-state index contributed by atoms with van der Waals surface area (Å²) >= 11 is 0. The minimum absolute atomic E-state index is 0.00234. The quantitative estimate of drug-likeness (QED) is 0.126. The topological polar surface area (TPSA) is 116 Å². The summed E-state index contributed by atoms with van der Waals surface area (Å²) in [5.74, 6) is 4.40. The molecule has 59 heavy (non-hydrogen) atoms. The number of piperidine rings is 1. The van der Waals surface area contributed by atoms with E-state index < -0.39 is 0 Å². The smallest absolute Gasteiger partial charge is 0.311 e. The number of nitrogens with zero attached hydrogens (tertiary/aromatic N) is 1. The maximum absolute atomic E-state index is 13.4. The molecule has 1 saturated heterocycles. The molecule has 4 saturated carbocycles. The van der Waals surface area contributed by atoms with E-state index in [-0.39, 0.29) is 42.3 Å². The number of carbonyl (C=O) groups is 3. The summed E-state index contributed by atoms with van der Waals surface area (Å²) in [6, 6.07) is 0. The maximum atomic E-state index is 13.4. The highest BCUT2D eigenvalue weighted by molar-refractivity contribution is 5.76. The van der Waals surface area contributed by atoms with Crippen LogP contribution in [0.25, 0.3) is 0 Å². The zero-order valence-corrected chi connectivity index (χ0v) is 38.8. The van der Waals surface area contributed by atoms with Crippen molar-refractivity contribution in [3.05, 3.63) is 36.0 Å². The molecule has 338 valence electrons. The molecule has 0 aromatic rings. The van der Waals surface area contributed by atoms with Gasteiger partial charge in [0.05, 0.1) is 18.7 Å². The molecule has 0 aromatic heterocycles. The fourth-order valence-corrected chi connectivity index (χ4v) is 14.2. The van der Waals surface area contributed by atoms with Gasteiger partial charge in [-0.15, -0.1) is 6.58 Å². The second kappa shape index (κ2) is 22.5. The molecule has 9 atom stereocenters. The van der Waals surface area contributed by atoms with Crippen molar-refractivity contribution in [2.45, 2.75) is 164 Å². The lowest BCUT2D eigenvalue weighted by Crippen LogP contribution is -2.64. The van der Waals surface area contributed by atoms with Crippen LogP contribution in [0.1, 0.15) is 159 Å². The molecule has 0 radical (unpaired) electrons. The predicted molar refractivity (Wildman–Crippen MR) is 239 cm³/mol. The second-order valence-electron chi connectivity index (χ2n) is 19.9. The number of nitrogens with one attached hydrogen (secondary N) is 1. The Morgan fingerprint density at radius 2 is 1.54 bits per heavy atom.